The Labute approximate surface area is 146 Å². The largest absolute Gasteiger partial charge is 0.360 e. The normalized spacial score (nSPS) is 38.3. The molecule has 3 heterocycles. The zero-order chi connectivity index (χ0) is 15.2. The maximum atomic E-state index is 4.96. The highest BCUT2D eigenvalue weighted by Gasteiger charge is 2.41. The van der Waals surface area contributed by atoms with E-state index >= 15 is 0 Å². The Morgan fingerprint density at radius 2 is 1.91 bits per heavy atom. The summed E-state index contributed by atoms with van der Waals surface area (Å²) in [6, 6.07) is 2.36. The van der Waals surface area contributed by atoms with Crippen LogP contribution in [0, 0.1) is 0 Å². The minimum atomic E-state index is 0.546. The fourth-order valence-corrected chi connectivity index (χ4v) is 6.65. The predicted octanol–water partition coefficient (Wildman–Crippen LogP) is 3.56. The van der Waals surface area contributed by atoms with Crippen molar-refractivity contribution in [3.63, 3.8) is 0 Å². The van der Waals surface area contributed by atoms with Gasteiger partial charge >= 0.3 is 0 Å². The molecule has 0 aromatic carbocycles. The van der Waals surface area contributed by atoms with Crippen LogP contribution in [0.15, 0.2) is 21.1 Å². The van der Waals surface area contributed by atoms with Gasteiger partial charge in [-0.25, -0.2) is 0 Å². The molecule has 5 aliphatic rings. The van der Waals surface area contributed by atoms with Crippen LogP contribution in [0.5, 0.6) is 0 Å². The van der Waals surface area contributed by atoms with Crippen LogP contribution in [0.3, 0.4) is 0 Å². The van der Waals surface area contributed by atoms with E-state index < -0.39 is 0 Å². The lowest BCUT2D eigenvalue weighted by molar-refractivity contribution is 0.285. The van der Waals surface area contributed by atoms with Crippen molar-refractivity contribution in [1.82, 2.24) is 10.2 Å². The Bertz CT molecular complexity index is 585. The number of nitrogens with zero attached hydrogens (tertiary/aromatic N) is 3. The van der Waals surface area contributed by atoms with Gasteiger partial charge in [0.25, 0.3) is 0 Å². The molecule has 0 bridgehead atoms. The molecule has 0 saturated heterocycles. The van der Waals surface area contributed by atoms with E-state index in [1.165, 1.54) is 67.4 Å². The zero-order valence-corrected chi connectivity index (χ0v) is 15.0. The average molecular weight is 349 g/mol. The number of hydrogen-bond acceptors (Lipinski definition) is 6. The van der Waals surface area contributed by atoms with E-state index in [1.54, 1.807) is 0 Å². The fourth-order valence-electron chi connectivity index (χ4n) is 4.60. The second-order valence-electron chi connectivity index (χ2n) is 7.25. The van der Waals surface area contributed by atoms with Crippen molar-refractivity contribution in [1.29, 1.82) is 0 Å². The van der Waals surface area contributed by atoms with E-state index in [2.05, 4.69) is 15.6 Å². The third-order valence-electron chi connectivity index (χ3n) is 5.80. The third kappa shape index (κ3) is 2.62. The van der Waals surface area contributed by atoms with Gasteiger partial charge in [-0.3, -0.25) is 9.98 Å². The van der Waals surface area contributed by atoms with Crippen molar-refractivity contribution in [2.24, 2.45) is 9.98 Å². The number of nitrogens with one attached hydrogen (secondary N) is 1. The first kappa shape index (κ1) is 14.7. The molecule has 0 radical (unpaired) electrons. The predicted molar refractivity (Wildman–Crippen MR) is 100 cm³/mol. The molecular weight excluding hydrogens is 324 g/mol. The van der Waals surface area contributed by atoms with Crippen molar-refractivity contribution >= 4 is 33.9 Å². The number of fused-ring (bicyclic) bond motifs is 4. The highest BCUT2D eigenvalue weighted by Crippen LogP contribution is 2.41. The van der Waals surface area contributed by atoms with E-state index in [0.29, 0.717) is 24.2 Å². The number of hydrogen-bond donors (Lipinski definition) is 1. The summed E-state index contributed by atoms with van der Waals surface area (Å²) in [7, 11) is 0. The lowest BCUT2D eigenvalue weighted by atomic mass is 9.91. The molecule has 2 fully saturated rings. The monoisotopic (exact) mass is 348 g/mol. The molecule has 6 heteroatoms. The smallest absolute Gasteiger partial charge is 0.168 e. The molecule has 0 spiro atoms. The topological polar surface area (TPSA) is 40.0 Å². The Balaban J connectivity index is 1.23. The van der Waals surface area contributed by atoms with Crippen LogP contribution in [0.2, 0.25) is 0 Å². The highest BCUT2D eigenvalue weighted by molar-refractivity contribution is 8.17. The molecule has 4 atom stereocenters. The van der Waals surface area contributed by atoms with Crippen molar-refractivity contribution in [2.45, 2.75) is 75.5 Å². The summed E-state index contributed by atoms with van der Waals surface area (Å²) in [5, 5.41) is 8.42. The first-order valence-corrected chi connectivity index (χ1v) is 10.9. The van der Waals surface area contributed by atoms with Gasteiger partial charge in [0, 0.05) is 11.4 Å². The van der Waals surface area contributed by atoms with Crippen molar-refractivity contribution in [3.05, 3.63) is 11.1 Å². The molecule has 2 saturated carbocycles. The molecule has 1 N–H and O–H groups in total. The maximum Gasteiger partial charge on any atom is 0.168 e. The molecular formula is C17H24N4S2. The first-order valence-electron chi connectivity index (χ1n) is 9.08. The van der Waals surface area contributed by atoms with Crippen LogP contribution in [-0.2, 0) is 0 Å². The van der Waals surface area contributed by atoms with E-state index in [0.717, 1.165) is 5.75 Å². The lowest BCUT2D eigenvalue weighted by Crippen LogP contribution is -2.39. The van der Waals surface area contributed by atoms with Crippen molar-refractivity contribution in [2.75, 3.05) is 5.75 Å². The Morgan fingerprint density at radius 3 is 2.83 bits per heavy atom. The lowest BCUT2D eigenvalue weighted by Gasteiger charge is -2.31. The number of amidine groups is 2. The van der Waals surface area contributed by atoms with Crippen LogP contribution in [0.25, 0.3) is 0 Å². The molecule has 2 aliphatic carbocycles. The quantitative estimate of drug-likeness (QED) is 0.828. The Morgan fingerprint density at radius 1 is 1.09 bits per heavy atom. The van der Waals surface area contributed by atoms with Gasteiger partial charge in [0.2, 0.25) is 0 Å². The van der Waals surface area contributed by atoms with Gasteiger partial charge < -0.3 is 10.2 Å². The summed E-state index contributed by atoms with van der Waals surface area (Å²) in [5.74, 6) is 1.03. The minimum Gasteiger partial charge on any atom is -0.360 e. The molecule has 4 nitrogen and oxygen atoms in total. The molecule has 0 amide bonds. The van der Waals surface area contributed by atoms with E-state index in [4.69, 9.17) is 9.98 Å². The van der Waals surface area contributed by atoms with Gasteiger partial charge in [0.1, 0.15) is 0 Å². The zero-order valence-electron chi connectivity index (χ0n) is 13.4. The highest BCUT2D eigenvalue weighted by atomic mass is 32.2. The molecule has 3 aliphatic heterocycles. The van der Waals surface area contributed by atoms with Gasteiger partial charge in [-0.2, -0.15) is 0 Å². The minimum absolute atomic E-state index is 0.546. The van der Waals surface area contributed by atoms with Gasteiger partial charge in [0.15, 0.2) is 10.3 Å². The summed E-state index contributed by atoms with van der Waals surface area (Å²) in [6.45, 7) is 0. The molecule has 0 unspecified atom stereocenters. The van der Waals surface area contributed by atoms with Crippen LogP contribution in [0.4, 0.5) is 0 Å². The number of thioether (sulfide) groups is 2. The van der Waals surface area contributed by atoms with Crippen LogP contribution in [0.1, 0.15) is 51.4 Å². The SMILES string of the molecule is C1=C(CSC2=N[C@@H]3CCCC[C@@H]3N2)N2C(=N[C@@H]3CCCC[C@@H]32)S1. The van der Waals surface area contributed by atoms with Gasteiger partial charge in [-0.15, -0.1) is 0 Å². The fraction of sp³-hybridized carbons (Fsp3) is 0.765. The summed E-state index contributed by atoms with van der Waals surface area (Å²) in [5.41, 5.74) is 1.45. The summed E-state index contributed by atoms with van der Waals surface area (Å²) in [4.78, 5) is 12.4. The van der Waals surface area contributed by atoms with Crippen molar-refractivity contribution < 1.29 is 0 Å². The molecule has 0 aromatic heterocycles. The van der Waals surface area contributed by atoms with Crippen LogP contribution < -0.4 is 5.32 Å². The second kappa shape index (κ2) is 6.03. The standard InChI is InChI=1S/C17H24N4S2/c1-2-6-13-12(5-1)18-16(19-13)22-9-11-10-23-17-20-14-7-3-4-8-15(14)21(11)17/h10,12-15H,1-9H2,(H,18,19)/t12-,13+,14-,15+/m1/s1. The van der Waals surface area contributed by atoms with Crippen LogP contribution >= 0.6 is 23.5 Å². The Kier molecular flexibility index (Phi) is 3.85. The van der Waals surface area contributed by atoms with Gasteiger partial charge in [-0.05, 0) is 31.1 Å². The summed E-state index contributed by atoms with van der Waals surface area (Å²) >= 11 is 3.73. The van der Waals surface area contributed by atoms with Crippen LogP contribution in [-0.4, -0.2) is 45.2 Å². The molecule has 23 heavy (non-hydrogen) atoms. The van der Waals surface area contributed by atoms with E-state index in [1.807, 2.05) is 23.5 Å². The summed E-state index contributed by atoms with van der Waals surface area (Å²) in [6.07, 6.45) is 10.6. The van der Waals surface area contributed by atoms with E-state index in [-0.39, 0.29) is 0 Å². The molecule has 0 aromatic rings. The number of aliphatic imine (C=N–C) groups is 2. The average Bonchev–Trinajstić information content (AvgIpc) is 3.25. The second-order valence-corrected chi connectivity index (χ2v) is 9.05. The molecule has 124 valence electrons. The van der Waals surface area contributed by atoms with Gasteiger partial charge in [-0.1, -0.05) is 49.2 Å². The first-order chi connectivity index (χ1) is 11.4. The maximum absolute atomic E-state index is 4.96. The number of rotatable bonds is 2. The van der Waals surface area contributed by atoms with Gasteiger partial charge in [0.05, 0.1) is 24.2 Å². The Hall–Kier alpha value is -0.620. The summed E-state index contributed by atoms with van der Waals surface area (Å²) < 4.78 is 0. The van der Waals surface area contributed by atoms with Crippen molar-refractivity contribution in [3.8, 4) is 0 Å². The van der Waals surface area contributed by atoms with E-state index in [9.17, 15) is 0 Å². The molecule has 5 rings (SSSR count). The third-order valence-corrected chi connectivity index (χ3v) is 7.64.